The predicted molar refractivity (Wildman–Crippen MR) is 81.2 cm³/mol. The van der Waals surface area contributed by atoms with Crippen molar-refractivity contribution < 1.29 is 0 Å². The second-order valence-electron chi connectivity index (χ2n) is 6.63. The van der Waals surface area contributed by atoms with E-state index in [0.717, 1.165) is 11.8 Å². The molecule has 104 valence electrons. The van der Waals surface area contributed by atoms with Crippen LogP contribution < -0.4 is 5.73 Å². The molecule has 0 saturated heterocycles. The molecular formula is C18H27N. The quantitative estimate of drug-likeness (QED) is 0.795. The SMILES string of the molecule is NC(CCC1CCCC1)c1cccc(C2CCC2)c1. The summed E-state index contributed by atoms with van der Waals surface area (Å²) >= 11 is 0. The van der Waals surface area contributed by atoms with Crippen LogP contribution in [0.15, 0.2) is 24.3 Å². The third-order valence-corrected chi connectivity index (χ3v) is 5.28. The largest absolute Gasteiger partial charge is 0.324 e. The van der Waals surface area contributed by atoms with E-state index in [2.05, 4.69) is 24.3 Å². The van der Waals surface area contributed by atoms with Gasteiger partial charge in [0, 0.05) is 6.04 Å². The summed E-state index contributed by atoms with van der Waals surface area (Å²) in [5.41, 5.74) is 9.29. The molecule has 1 atom stereocenters. The van der Waals surface area contributed by atoms with E-state index >= 15 is 0 Å². The monoisotopic (exact) mass is 257 g/mol. The number of nitrogens with two attached hydrogens (primary N) is 1. The Labute approximate surface area is 117 Å². The first-order chi connectivity index (χ1) is 9.33. The zero-order chi connectivity index (χ0) is 13.1. The predicted octanol–water partition coefficient (Wildman–Crippen LogP) is 4.92. The smallest absolute Gasteiger partial charge is 0.0295 e. The van der Waals surface area contributed by atoms with E-state index in [-0.39, 0.29) is 6.04 Å². The van der Waals surface area contributed by atoms with Crippen LogP contribution >= 0.6 is 0 Å². The molecule has 0 spiro atoms. The van der Waals surface area contributed by atoms with Gasteiger partial charge in [0.05, 0.1) is 0 Å². The van der Waals surface area contributed by atoms with Crippen LogP contribution in [-0.2, 0) is 0 Å². The van der Waals surface area contributed by atoms with Crippen molar-refractivity contribution in [3.05, 3.63) is 35.4 Å². The standard InChI is InChI=1S/C18H27N/c19-18(12-11-14-5-1-2-6-14)17-10-4-9-16(13-17)15-7-3-8-15/h4,9-10,13-15,18H,1-3,5-8,11-12,19H2. The third kappa shape index (κ3) is 3.20. The van der Waals surface area contributed by atoms with Crippen LogP contribution in [0.1, 0.15) is 80.9 Å². The van der Waals surface area contributed by atoms with Crippen molar-refractivity contribution in [1.29, 1.82) is 0 Å². The lowest BCUT2D eigenvalue weighted by Gasteiger charge is -2.26. The summed E-state index contributed by atoms with van der Waals surface area (Å²) in [6, 6.07) is 9.35. The van der Waals surface area contributed by atoms with Crippen molar-refractivity contribution in [2.45, 2.75) is 69.7 Å². The summed E-state index contributed by atoms with van der Waals surface area (Å²) in [6.45, 7) is 0. The fraction of sp³-hybridized carbons (Fsp3) is 0.667. The van der Waals surface area contributed by atoms with E-state index in [9.17, 15) is 0 Å². The van der Waals surface area contributed by atoms with E-state index in [4.69, 9.17) is 5.73 Å². The van der Waals surface area contributed by atoms with E-state index in [1.54, 1.807) is 0 Å². The van der Waals surface area contributed by atoms with Crippen molar-refractivity contribution >= 4 is 0 Å². The summed E-state index contributed by atoms with van der Waals surface area (Å²) in [7, 11) is 0. The van der Waals surface area contributed by atoms with Gasteiger partial charge in [-0.05, 0) is 48.6 Å². The average Bonchev–Trinajstić information content (AvgIpc) is 2.87. The molecule has 0 aromatic heterocycles. The summed E-state index contributed by atoms with van der Waals surface area (Å²) in [5, 5.41) is 0. The zero-order valence-electron chi connectivity index (χ0n) is 12.0. The summed E-state index contributed by atoms with van der Waals surface area (Å²) in [5.74, 6) is 1.78. The molecule has 0 amide bonds. The van der Waals surface area contributed by atoms with Crippen molar-refractivity contribution in [1.82, 2.24) is 0 Å². The Morgan fingerprint density at radius 3 is 2.53 bits per heavy atom. The topological polar surface area (TPSA) is 26.0 Å². The van der Waals surface area contributed by atoms with Crippen molar-refractivity contribution in [3.63, 3.8) is 0 Å². The van der Waals surface area contributed by atoms with E-state index in [0.29, 0.717) is 0 Å². The lowest BCUT2D eigenvalue weighted by Crippen LogP contribution is -2.14. The molecule has 2 saturated carbocycles. The molecule has 0 radical (unpaired) electrons. The van der Waals surface area contributed by atoms with E-state index < -0.39 is 0 Å². The lowest BCUT2D eigenvalue weighted by molar-refractivity contribution is 0.418. The Kier molecular flexibility index (Phi) is 4.22. The Bertz CT molecular complexity index is 402. The molecule has 2 aliphatic rings. The second-order valence-corrected chi connectivity index (χ2v) is 6.63. The van der Waals surface area contributed by atoms with Crippen LogP contribution in [0.4, 0.5) is 0 Å². The fourth-order valence-corrected chi connectivity index (χ4v) is 3.67. The average molecular weight is 257 g/mol. The first-order valence-corrected chi connectivity index (χ1v) is 8.18. The van der Waals surface area contributed by atoms with Gasteiger partial charge in [-0.2, -0.15) is 0 Å². The molecule has 1 unspecified atom stereocenters. The summed E-state index contributed by atoms with van der Waals surface area (Å²) in [6.07, 6.45) is 12.4. The van der Waals surface area contributed by atoms with Crippen LogP contribution in [0.5, 0.6) is 0 Å². The van der Waals surface area contributed by atoms with Crippen molar-refractivity contribution in [2.75, 3.05) is 0 Å². The zero-order valence-corrected chi connectivity index (χ0v) is 12.0. The normalized spacial score (nSPS) is 22.4. The molecule has 2 aliphatic carbocycles. The van der Waals surface area contributed by atoms with Gasteiger partial charge >= 0.3 is 0 Å². The highest BCUT2D eigenvalue weighted by atomic mass is 14.6. The first-order valence-electron chi connectivity index (χ1n) is 8.18. The van der Waals surface area contributed by atoms with Gasteiger partial charge in [0.1, 0.15) is 0 Å². The molecule has 0 heterocycles. The van der Waals surface area contributed by atoms with Gasteiger partial charge in [0.25, 0.3) is 0 Å². The maximum absolute atomic E-state index is 6.40. The highest BCUT2D eigenvalue weighted by Gasteiger charge is 2.21. The van der Waals surface area contributed by atoms with Gasteiger partial charge in [-0.25, -0.2) is 0 Å². The maximum Gasteiger partial charge on any atom is 0.0295 e. The molecule has 2 fully saturated rings. The van der Waals surface area contributed by atoms with Gasteiger partial charge in [-0.15, -0.1) is 0 Å². The summed E-state index contributed by atoms with van der Waals surface area (Å²) < 4.78 is 0. The van der Waals surface area contributed by atoms with Gasteiger partial charge in [0.2, 0.25) is 0 Å². The Hall–Kier alpha value is -0.820. The number of rotatable bonds is 5. The minimum absolute atomic E-state index is 0.251. The van der Waals surface area contributed by atoms with Crippen LogP contribution in [-0.4, -0.2) is 0 Å². The van der Waals surface area contributed by atoms with Crippen LogP contribution in [0.3, 0.4) is 0 Å². The molecule has 19 heavy (non-hydrogen) atoms. The van der Waals surface area contributed by atoms with Gasteiger partial charge in [0.15, 0.2) is 0 Å². The number of hydrogen-bond donors (Lipinski definition) is 1. The molecule has 1 aromatic carbocycles. The van der Waals surface area contributed by atoms with E-state index in [1.807, 2.05) is 0 Å². The minimum atomic E-state index is 0.251. The maximum atomic E-state index is 6.40. The fourth-order valence-electron chi connectivity index (χ4n) is 3.67. The van der Waals surface area contributed by atoms with Gasteiger partial charge in [-0.3, -0.25) is 0 Å². The molecule has 0 bridgehead atoms. The number of hydrogen-bond acceptors (Lipinski definition) is 1. The lowest BCUT2D eigenvalue weighted by atomic mass is 9.79. The molecule has 0 aliphatic heterocycles. The second kappa shape index (κ2) is 6.09. The number of benzene rings is 1. The van der Waals surface area contributed by atoms with Crippen molar-refractivity contribution in [2.24, 2.45) is 11.7 Å². The van der Waals surface area contributed by atoms with Crippen LogP contribution in [0, 0.1) is 5.92 Å². The highest BCUT2D eigenvalue weighted by molar-refractivity contribution is 5.29. The molecule has 1 aromatic rings. The summed E-state index contributed by atoms with van der Waals surface area (Å²) in [4.78, 5) is 0. The highest BCUT2D eigenvalue weighted by Crippen LogP contribution is 2.37. The van der Waals surface area contributed by atoms with Crippen LogP contribution in [0.2, 0.25) is 0 Å². The van der Waals surface area contributed by atoms with Crippen molar-refractivity contribution in [3.8, 4) is 0 Å². The van der Waals surface area contributed by atoms with Crippen LogP contribution in [0.25, 0.3) is 0 Å². The molecule has 2 N–H and O–H groups in total. The molecule has 3 rings (SSSR count). The molecular weight excluding hydrogens is 230 g/mol. The van der Waals surface area contributed by atoms with Gasteiger partial charge < -0.3 is 5.73 Å². The molecule has 1 nitrogen and oxygen atoms in total. The Morgan fingerprint density at radius 1 is 1.05 bits per heavy atom. The Balaban J connectivity index is 1.57. The van der Waals surface area contributed by atoms with E-state index in [1.165, 1.54) is 68.9 Å². The first kappa shape index (κ1) is 13.2. The minimum Gasteiger partial charge on any atom is -0.324 e. The Morgan fingerprint density at radius 2 is 1.84 bits per heavy atom. The molecule has 1 heteroatoms. The third-order valence-electron chi connectivity index (χ3n) is 5.28. The van der Waals surface area contributed by atoms with Gasteiger partial charge in [-0.1, -0.05) is 56.4 Å².